The van der Waals surface area contributed by atoms with Gasteiger partial charge in [-0.3, -0.25) is 0 Å². The average Bonchev–Trinajstić information content (AvgIpc) is 2.72. The fraction of sp³-hybridized carbons (Fsp3) is 0.308. The number of benzene rings is 1. The van der Waals surface area contributed by atoms with E-state index in [2.05, 4.69) is 16.5 Å². The maximum absolute atomic E-state index is 5.90. The molecule has 90 valence electrons. The Labute approximate surface area is 106 Å². The molecular formula is C13H16ClN3. The molecule has 4 heteroatoms. The SMILES string of the molecule is CCCn1ccnc1Cc1ccc(Cl)c(N)c1. The van der Waals surface area contributed by atoms with Crippen molar-refractivity contribution in [1.29, 1.82) is 0 Å². The van der Waals surface area contributed by atoms with Gasteiger partial charge in [0.2, 0.25) is 0 Å². The molecule has 1 aromatic heterocycles. The number of rotatable bonds is 4. The van der Waals surface area contributed by atoms with E-state index in [4.69, 9.17) is 17.3 Å². The third-order valence-corrected chi connectivity index (χ3v) is 3.03. The number of anilines is 1. The molecule has 1 heterocycles. The Balaban J connectivity index is 2.19. The third kappa shape index (κ3) is 2.80. The van der Waals surface area contributed by atoms with Crippen LogP contribution in [-0.2, 0) is 13.0 Å². The van der Waals surface area contributed by atoms with Crippen molar-refractivity contribution in [3.05, 3.63) is 47.0 Å². The highest BCUT2D eigenvalue weighted by Gasteiger charge is 2.05. The van der Waals surface area contributed by atoms with Crippen molar-refractivity contribution in [1.82, 2.24) is 9.55 Å². The largest absolute Gasteiger partial charge is 0.398 e. The molecule has 17 heavy (non-hydrogen) atoms. The maximum atomic E-state index is 5.90. The van der Waals surface area contributed by atoms with Crippen LogP contribution in [-0.4, -0.2) is 9.55 Å². The summed E-state index contributed by atoms with van der Waals surface area (Å²) in [5, 5.41) is 0.602. The average molecular weight is 250 g/mol. The van der Waals surface area contributed by atoms with E-state index in [9.17, 15) is 0 Å². The van der Waals surface area contributed by atoms with Crippen LogP contribution in [0.3, 0.4) is 0 Å². The molecule has 0 atom stereocenters. The van der Waals surface area contributed by atoms with Crippen molar-refractivity contribution in [2.24, 2.45) is 0 Å². The Morgan fingerprint density at radius 1 is 1.41 bits per heavy atom. The summed E-state index contributed by atoms with van der Waals surface area (Å²) in [5.41, 5.74) is 7.54. The van der Waals surface area contributed by atoms with Gasteiger partial charge in [0.05, 0.1) is 10.7 Å². The molecule has 0 unspecified atom stereocenters. The minimum absolute atomic E-state index is 0.602. The van der Waals surface area contributed by atoms with Crippen molar-refractivity contribution in [3.8, 4) is 0 Å². The molecule has 3 nitrogen and oxygen atoms in total. The molecule has 0 aliphatic rings. The summed E-state index contributed by atoms with van der Waals surface area (Å²) < 4.78 is 2.17. The minimum Gasteiger partial charge on any atom is -0.398 e. The van der Waals surface area contributed by atoms with Gasteiger partial charge in [0.25, 0.3) is 0 Å². The van der Waals surface area contributed by atoms with Crippen molar-refractivity contribution < 1.29 is 0 Å². The van der Waals surface area contributed by atoms with Gasteiger partial charge in [-0.25, -0.2) is 4.98 Å². The maximum Gasteiger partial charge on any atom is 0.113 e. The lowest BCUT2D eigenvalue weighted by Crippen LogP contribution is -2.03. The summed E-state index contributed by atoms with van der Waals surface area (Å²) in [6.07, 6.45) is 5.74. The van der Waals surface area contributed by atoms with E-state index in [1.54, 1.807) is 0 Å². The second-order valence-electron chi connectivity index (χ2n) is 4.07. The van der Waals surface area contributed by atoms with Crippen molar-refractivity contribution in [3.63, 3.8) is 0 Å². The quantitative estimate of drug-likeness (QED) is 0.846. The number of hydrogen-bond donors (Lipinski definition) is 1. The lowest BCUT2D eigenvalue weighted by atomic mass is 10.1. The van der Waals surface area contributed by atoms with Crippen molar-refractivity contribution >= 4 is 17.3 Å². The van der Waals surface area contributed by atoms with Crippen molar-refractivity contribution in [2.75, 3.05) is 5.73 Å². The van der Waals surface area contributed by atoms with Gasteiger partial charge in [-0.05, 0) is 24.1 Å². The van der Waals surface area contributed by atoms with Crippen LogP contribution in [0.1, 0.15) is 24.7 Å². The predicted octanol–water partition coefficient (Wildman–Crippen LogP) is 3.12. The predicted molar refractivity (Wildman–Crippen MR) is 71.2 cm³/mol. The molecule has 0 fully saturated rings. The number of nitrogens with zero attached hydrogens (tertiary/aromatic N) is 2. The van der Waals surface area contributed by atoms with E-state index in [1.165, 1.54) is 0 Å². The first-order chi connectivity index (χ1) is 8.20. The first kappa shape index (κ1) is 12.0. The smallest absolute Gasteiger partial charge is 0.113 e. The lowest BCUT2D eigenvalue weighted by Gasteiger charge is -2.07. The van der Waals surface area contributed by atoms with Crippen LogP contribution in [0.15, 0.2) is 30.6 Å². The van der Waals surface area contributed by atoms with Gasteiger partial charge in [-0.15, -0.1) is 0 Å². The first-order valence-corrected chi connectivity index (χ1v) is 6.12. The van der Waals surface area contributed by atoms with Crippen LogP contribution in [0.4, 0.5) is 5.69 Å². The Bertz CT molecular complexity index is 505. The van der Waals surface area contributed by atoms with E-state index in [1.807, 2.05) is 30.6 Å². The zero-order valence-corrected chi connectivity index (χ0v) is 10.6. The minimum atomic E-state index is 0.602. The lowest BCUT2D eigenvalue weighted by molar-refractivity contribution is 0.647. The van der Waals surface area contributed by atoms with Gasteiger partial charge in [-0.2, -0.15) is 0 Å². The van der Waals surface area contributed by atoms with Crippen LogP contribution < -0.4 is 5.73 Å². The summed E-state index contributed by atoms with van der Waals surface area (Å²) in [5.74, 6) is 1.06. The van der Waals surface area contributed by atoms with Crippen molar-refractivity contribution in [2.45, 2.75) is 26.3 Å². The Morgan fingerprint density at radius 3 is 2.94 bits per heavy atom. The first-order valence-electron chi connectivity index (χ1n) is 5.74. The molecule has 0 saturated heterocycles. The van der Waals surface area contributed by atoms with E-state index < -0.39 is 0 Å². The highest BCUT2D eigenvalue weighted by atomic mass is 35.5. The summed E-state index contributed by atoms with van der Waals surface area (Å²) >= 11 is 5.90. The fourth-order valence-corrected chi connectivity index (χ4v) is 1.96. The summed E-state index contributed by atoms with van der Waals surface area (Å²) in [7, 11) is 0. The summed E-state index contributed by atoms with van der Waals surface area (Å²) in [6.45, 7) is 3.16. The highest BCUT2D eigenvalue weighted by molar-refractivity contribution is 6.33. The van der Waals surface area contributed by atoms with Gasteiger partial charge in [-0.1, -0.05) is 24.6 Å². The number of aromatic nitrogens is 2. The van der Waals surface area contributed by atoms with Crippen LogP contribution in [0.5, 0.6) is 0 Å². The van der Waals surface area contributed by atoms with Gasteiger partial charge in [0.15, 0.2) is 0 Å². The molecule has 2 aromatic rings. The fourth-order valence-electron chi connectivity index (χ4n) is 1.84. The van der Waals surface area contributed by atoms with E-state index in [0.29, 0.717) is 10.7 Å². The van der Waals surface area contributed by atoms with Crippen LogP contribution in [0.2, 0.25) is 5.02 Å². The standard InChI is InChI=1S/C13H16ClN3/c1-2-6-17-7-5-16-13(17)9-10-3-4-11(14)12(15)8-10/h3-5,7-8H,2,6,9,15H2,1H3. The summed E-state index contributed by atoms with van der Waals surface area (Å²) in [4.78, 5) is 4.37. The zero-order valence-electron chi connectivity index (χ0n) is 9.86. The number of nitrogens with two attached hydrogens (primary N) is 1. The molecule has 0 spiro atoms. The Hall–Kier alpha value is -1.48. The van der Waals surface area contributed by atoms with Gasteiger partial charge in [0, 0.05) is 25.4 Å². The molecule has 0 bridgehead atoms. The van der Waals surface area contributed by atoms with Crippen LogP contribution in [0, 0.1) is 0 Å². The molecule has 0 amide bonds. The topological polar surface area (TPSA) is 43.8 Å². The molecule has 0 aliphatic carbocycles. The number of hydrogen-bond acceptors (Lipinski definition) is 2. The molecule has 0 saturated carbocycles. The number of halogens is 1. The molecule has 2 N–H and O–H groups in total. The molecule has 0 radical (unpaired) electrons. The second kappa shape index (κ2) is 5.23. The third-order valence-electron chi connectivity index (χ3n) is 2.69. The molecule has 0 aliphatic heterocycles. The van der Waals surface area contributed by atoms with E-state index >= 15 is 0 Å². The van der Waals surface area contributed by atoms with Crippen LogP contribution in [0.25, 0.3) is 0 Å². The highest BCUT2D eigenvalue weighted by Crippen LogP contribution is 2.20. The number of aryl methyl sites for hydroxylation is 1. The Morgan fingerprint density at radius 2 is 2.24 bits per heavy atom. The van der Waals surface area contributed by atoms with E-state index in [0.717, 1.165) is 30.8 Å². The van der Waals surface area contributed by atoms with Gasteiger partial charge < -0.3 is 10.3 Å². The number of nitrogen functional groups attached to an aromatic ring is 1. The molecular weight excluding hydrogens is 234 g/mol. The monoisotopic (exact) mass is 249 g/mol. The number of imidazole rings is 1. The summed E-state index contributed by atoms with van der Waals surface area (Å²) in [6, 6.07) is 5.73. The van der Waals surface area contributed by atoms with Crippen LogP contribution >= 0.6 is 11.6 Å². The second-order valence-corrected chi connectivity index (χ2v) is 4.48. The molecule has 1 aromatic carbocycles. The Kier molecular flexibility index (Phi) is 3.69. The van der Waals surface area contributed by atoms with Gasteiger partial charge >= 0.3 is 0 Å². The van der Waals surface area contributed by atoms with Gasteiger partial charge in [0.1, 0.15) is 5.82 Å². The molecule has 2 rings (SSSR count). The normalized spacial score (nSPS) is 10.7. The van der Waals surface area contributed by atoms with E-state index in [-0.39, 0.29) is 0 Å². The zero-order chi connectivity index (χ0) is 12.3.